The Hall–Kier alpha value is -1.42. The molecule has 88 valence electrons. The molecule has 1 rings (SSSR count). The van der Waals surface area contributed by atoms with Crippen LogP contribution in [0.25, 0.3) is 0 Å². The Morgan fingerprint density at radius 3 is 2.88 bits per heavy atom. The molecule has 0 amide bonds. The highest BCUT2D eigenvalue weighted by molar-refractivity contribution is 5.71. The second-order valence-electron chi connectivity index (χ2n) is 3.59. The van der Waals surface area contributed by atoms with Gasteiger partial charge in [-0.15, -0.1) is 0 Å². The van der Waals surface area contributed by atoms with E-state index >= 15 is 0 Å². The van der Waals surface area contributed by atoms with Crippen LogP contribution < -0.4 is 5.32 Å². The van der Waals surface area contributed by atoms with E-state index < -0.39 is 0 Å². The van der Waals surface area contributed by atoms with Gasteiger partial charge in [-0.1, -0.05) is 12.1 Å². The lowest BCUT2D eigenvalue weighted by molar-refractivity contribution is -0.139. The van der Waals surface area contributed by atoms with Crippen LogP contribution in [0.2, 0.25) is 0 Å². The quantitative estimate of drug-likeness (QED) is 0.608. The Morgan fingerprint density at radius 2 is 2.25 bits per heavy atom. The molecule has 0 unspecified atom stereocenters. The van der Waals surface area contributed by atoms with Gasteiger partial charge in [0.2, 0.25) is 0 Å². The molecule has 0 saturated carbocycles. The first kappa shape index (κ1) is 12.6. The summed E-state index contributed by atoms with van der Waals surface area (Å²) in [6, 6.07) is 5.03. The monoisotopic (exact) mass is 225 g/mol. The summed E-state index contributed by atoms with van der Waals surface area (Å²) in [5.74, 6) is -0.471. The average molecular weight is 225 g/mol. The van der Waals surface area contributed by atoms with E-state index in [2.05, 4.69) is 10.1 Å². The average Bonchev–Trinajstić information content (AvgIpc) is 2.28. The molecule has 4 heteroatoms. The van der Waals surface area contributed by atoms with E-state index in [1.807, 2.05) is 6.07 Å². The number of carbonyl (C=O) groups excluding carboxylic acids is 1. The summed E-state index contributed by atoms with van der Waals surface area (Å²) in [5.41, 5.74) is 1.70. The lowest BCUT2D eigenvalue weighted by Crippen LogP contribution is -2.25. The number of carbonyl (C=O) groups is 1. The summed E-state index contributed by atoms with van der Waals surface area (Å²) in [5, 5.41) is 2.95. The highest BCUT2D eigenvalue weighted by atomic mass is 19.1. The zero-order chi connectivity index (χ0) is 12.0. The molecule has 0 radical (unpaired) electrons. The number of halogens is 1. The molecule has 0 heterocycles. The molecule has 1 N–H and O–H groups in total. The molecule has 0 aliphatic heterocycles. The number of rotatable bonds is 5. The third-order valence-corrected chi connectivity index (χ3v) is 2.31. The standard InChI is InChI=1S/C12H16FNO2/c1-9-7-10(3-4-11(9)13)5-6-14-8-12(15)16-2/h3-4,7,14H,5-6,8H2,1-2H3. The molecule has 1 aromatic rings. The Morgan fingerprint density at radius 1 is 1.50 bits per heavy atom. The molecule has 0 spiro atoms. The molecule has 0 aliphatic carbocycles. The maximum Gasteiger partial charge on any atom is 0.319 e. The number of nitrogens with one attached hydrogen (secondary N) is 1. The Bertz CT molecular complexity index is 366. The van der Waals surface area contributed by atoms with E-state index in [0.29, 0.717) is 12.1 Å². The smallest absolute Gasteiger partial charge is 0.319 e. The SMILES string of the molecule is COC(=O)CNCCc1ccc(F)c(C)c1. The van der Waals surface area contributed by atoms with Gasteiger partial charge in [0, 0.05) is 0 Å². The van der Waals surface area contributed by atoms with Crippen LogP contribution in [0.3, 0.4) is 0 Å². The molecule has 0 saturated heterocycles. The van der Waals surface area contributed by atoms with Crippen molar-refractivity contribution in [2.75, 3.05) is 20.2 Å². The van der Waals surface area contributed by atoms with Crippen molar-refractivity contribution in [1.29, 1.82) is 0 Å². The van der Waals surface area contributed by atoms with Crippen LogP contribution in [0.5, 0.6) is 0 Å². The van der Waals surface area contributed by atoms with Crippen molar-refractivity contribution in [3.8, 4) is 0 Å². The van der Waals surface area contributed by atoms with E-state index in [0.717, 1.165) is 12.0 Å². The Labute approximate surface area is 94.6 Å². The fraction of sp³-hybridized carbons (Fsp3) is 0.417. The van der Waals surface area contributed by atoms with Crippen molar-refractivity contribution in [2.45, 2.75) is 13.3 Å². The Kier molecular flexibility index (Phi) is 4.92. The molecular formula is C12H16FNO2. The molecule has 0 atom stereocenters. The maximum atomic E-state index is 13.0. The minimum atomic E-state index is -0.282. The van der Waals surface area contributed by atoms with Gasteiger partial charge in [0.1, 0.15) is 5.82 Å². The highest BCUT2D eigenvalue weighted by Gasteiger charge is 2.00. The van der Waals surface area contributed by atoms with E-state index in [9.17, 15) is 9.18 Å². The molecule has 0 fully saturated rings. The summed E-state index contributed by atoms with van der Waals surface area (Å²) in [6.07, 6.45) is 0.762. The second kappa shape index (κ2) is 6.23. The number of ether oxygens (including phenoxy) is 1. The van der Waals surface area contributed by atoms with E-state index in [-0.39, 0.29) is 18.3 Å². The van der Waals surface area contributed by atoms with Crippen LogP contribution in [0.15, 0.2) is 18.2 Å². The predicted molar refractivity (Wildman–Crippen MR) is 59.7 cm³/mol. The summed E-state index contributed by atoms with van der Waals surface area (Å²) in [6.45, 7) is 2.61. The first-order chi connectivity index (χ1) is 7.63. The normalized spacial score (nSPS) is 10.2. The number of hydrogen-bond acceptors (Lipinski definition) is 3. The lowest BCUT2D eigenvalue weighted by Gasteiger charge is -2.05. The Balaban J connectivity index is 2.32. The van der Waals surface area contributed by atoms with Crippen molar-refractivity contribution < 1.29 is 13.9 Å². The summed E-state index contributed by atoms with van der Waals surface area (Å²) >= 11 is 0. The van der Waals surface area contributed by atoms with Gasteiger partial charge >= 0.3 is 5.97 Å². The van der Waals surface area contributed by atoms with Crippen LogP contribution in [0, 0.1) is 12.7 Å². The fourth-order valence-electron chi connectivity index (χ4n) is 1.36. The number of aryl methyl sites for hydroxylation is 1. The molecule has 0 aromatic heterocycles. The van der Waals surface area contributed by atoms with Gasteiger partial charge in [0.25, 0.3) is 0 Å². The van der Waals surface area contributed by atoms with Crippen LogP contribution in [-0.2, 0) is 16.0 Å². The van der Waals surface area contributed by atoms with Gasteiger partial charge in [0.05, 0.1) is 13.7 Å². The van der Waals surface area contributed by atoms with Gasteiger partial charge in [-0.2, -0.15) is 0 Å². The molecule has 1 aromatic carbocycles. The van der Waals surface area contributed by atoms with Crippen molar-refractivity contribution in [1.82, 2.24) is 5.32 Å². The van der Waals surface area contributed by atoms with Crippen LogP contribution in [0.1, 0.15) is 11.1 Å². The summed E-state index contributed by atoms with van der Waals surface area (Å²) in [7, 11) is 1.35. The van der Waals surface area contributed by atoms with Gasteiger partial charge in [-0.05, 0) is 37.1 Å². The van der Waals surface area contributed by atoms with Crippen LogP contribution >= 0.6 is 0 Å². The minimum absolute atomic E-state index is 0.189. The zero-order valence-corrected chi connectivity index (χ0v) is 9.55. The summed E-state index contributed by atoms with van der Waals surface area (Å²) in [4.78, 5) is 10.8. The first-order valence-corrected chi connectivity index (χ1v) is 5.16. The topological polar surface area (TPSA) is 38.3 Å². The molecule has 16 heavy (non-hydrogen) atoms. The number of benzene rings is 1. The zero-order valence-electron chi connectivity index (χ0n) is 9.55. The largest absolute Gasteiger partial charge is 0.468 e. The highest BCUT2D eigenvalue weighted by Crippen LogP contribution is 2.09. The predicted octanol–water partition coefficient (Wildman–Crippen LogP) is 1.44. The maximum absolute atomic E-state index is 13.0. The lowest BCUT2D eigenvalue weighted by atomic mass is 10.1. The molecule has 0 bridgehead atoms. The van der Waals surface area contributed by atoms with Crippen LogP contribution in [0.4, 0.5) is 4.39 Å². The van der Waals surface area contributed by atoms with Crippen molar-refractivity contribution in [3.05, 3.63) is 35.1 Å². The van der Waals surface area contributed by atoms with E-state index in [1.54, 1.807) is 13.0 Å². The third-order valence-electron chi connectivity index (χ3n) is 2.31. The number of hydrogen-bond donors (Lipinski definition) is 1. The van der Waals surface area contributed by atoms with E-state index in [4.69, 9.17) is 0 Å². The molecular weight excluding hydrogens is 209 g/mol. The first-order valence-electron chi connectivity index (χ1n) is 5.16. The molecule has 0 aliphatic rings. The second-order valence-corrected chi connectivity index (χ2v) is 3.59. The van der Waals surface area contributed by atoms with Crippen molar-refractivity contribution in [2.24, 2.45) is 0 Å². The van der Waals surface area contributed by atoms with Gasteiger partial charge < -0.3 is 10.1 Å². The number of methoxy groups -OCH3 is 1. The molecule has 3 nitrogen and oxygen atoms in total. The van der Waals surface area contributed by atoms with E-state index in [1.165, 1.54) is 13.2 Å². The van der Waals surface area contributed by atoms with Gasteiger partial charge in [0.15, 0.2) is 0 Å². The van der Waals surface area contributed by atoms with Crippen molar-refractivity contribution >= 4 is 5.97 Å². The van der Waals surface area contributed by atoms with Gasteiger partial charge in [-0.3, -0.25) is 4.79 Å². The minimum Gasteiger partial charge on any atom is -0.468 e. The summed E-state index contributed by atoms with van der Waals surface area (Å²) < 4.78 is 17.4. The van der Waals surface area contributed by atoms with Crippen molar-refractivity contribution in [3.63, 3.8) is 0 Å². The third kappa shape index (κ3) is 3.98. The number of esters is 1. The van der Waals surface area contributed by atoms with Crippen LogP contribution in [-0.4, -0.2) is 26.2 Å². The van der Waals surface area contributed by atoms with Gasteiger partial charge in [-0.25, -0.2) is 4.39 Å². The fourth-order valence-corrected chi connectivity index (χ4v) is 1.36.